The van der Waals surface area contributed by atoms with Crippen LogP contribution in [0.1, 0.15) is 28.7 Å². The number of hydrogen-bond donors (Lipinski definition) is 1. The molecule has 0 spiro atoms. The Hall–Kier alpha value is -2.05. The van der Waals surface area contributed by atoms with Gasteiger partial charge in [-0.1, -0.05) is 35.3 Å². The Morgan fingerprint density at radius 1 is 1.30 bits per heavy atom. The van der Waals surface area contributed by atoms with Crippen LogP contribution >= 0.6 is 23.2 Å². The summed E-state index contributed by atoms with van der Waals surface area (Å²) in [5, 5.41) is 7.01. The molecular formula is C15H14Cl2N2O4. The fraction of sp³-hybridized carbons (Fsp3) is 0.267. The molecule has 1 amide bonds. The van der Waals surface area contributed by atoms with E-state index in [1.807, 2.05) is 6.92 Å². The molecular weight excluding hydrogens is 343 g/mol. The summed E-state index contributed by atoms with van der Waals surface area (Å²) in [7, 11) is 0. The Morgan fingerprint density at radius 2 is 2.04 bits per heavy atom. The Labute approximate surface area is 142 Å². The number of aromatic nitrogens is 1. The second-order valence-corrected chi connectivity index (χ2v) is 5.48. The SMILES string of the molecule is CCc1noc(C)c1C(=O)OCC(=O)Nc1ccc(Cl)c(Cl)c1. The van der Waals surface area contributed by atoms with Crippen molar-refractivity contribution in [1.82, 2.24) is 5.16 Å². The van der Waals surface area contributed by atoms with Crippen LogP contribution in [0.25, 0.3) is 0 Å². The van der Waals surface area contributed by atoms with Crippen molar-refractivity contribution in [3.8, 4) is 0 Å². The van der Waals surface area contributed by atoms with Gasteiger partial charge < -0.3 is 14.6 Å². The van der Waals surface area contributed by atoms with Crippen molar-refractivity contribution in [2.45, 2.75) is 20.3 Å². The van der Waals surface area contributed by atoms with E-state index >= 15 is 0 Å². The number of amides is 1. The van der Waals surface area contributed by atoms with E-state index < -0.39 is 18.5 Å². The van der Waals surface area contributed by atoms with Gasteiger partial charge in [0, 0.05) is 5.69 Å². The highest BCUT2D eigenvalue weighted by Crippen LogP contribution is 2.25. The van der Waals surface area contributed by atoms with E-state index in [2.05, 4.69) is 10.5 Å². The molecule has 0 fully saturated rings. The van der Waals surface area contributed by atoms with Crippen LogP contribution in [0, 0.1) is 6.92 Å². The highest BCUT2D eigenvalue weighted by molar-refractivity contribution is 6.42. The Bertz CT molecular complexity index is 743. The van der Waals surface area contributed by atoms with Crippen LogP contribution in [0.15, 0.2) is 22.7 Å². The van der Waals surface area contributed by atoms with Gasteiger partial charge >= 0.3 is 5.97 Å². The molecule has 0 aliphatic heterocycles. The van der Waals surface area contributed by atoms with Crippen molar-refractivity contribution in [2.75, 3.05) is 11.9 Å². The van der Waals surface area contributed by atoms with Crippen LogP contribution in [-0.4, -0.2) is 23.6 Å². The molecule has 23 heavy (non-hydrogen) atoms. The number of benzene rings is 1. The predicted octanol–water partition coefficient (Wildman–Crippen LogP) is 3.65. The molecule has 0 bridgehead atoms. The number of nitrogens with zero attached hydrogens (tertiary/aromatic N) is 1. The van der Waals surface area contributed by atoms with E-state index in [0.717, 1.165) is 0 Å². The van der Waals surface area contributed by atoms with Crippen molar-refractivity contribution in [1.29, 1.82) is 0 Å². The monoisotopic (exact) mass is 356 g/mol. The quantitative estimate of drug-likeness (QED) is 0.826. The van der Waals surface area contributed by atoms with Gasteiger partial charge in [-0.25, -0.2) is 4.79 Å². The van der Waals surface area contributed by atoms with Gasteiger partial charge in [0.1, 0.15) is 11.3 Å². The predicted molar refractivity (Wildman–Crippen MR) is 86.0 cm³/mol. The molecule has 1 aromatic carbocycles. The molecule has 0 saturated carbocycles. The van der Waals surface area contributed by atoms with Crippen LogP contribution in [0.4, 0.5) is 5.69 Å². The summed E-state index contributed by atoms with van der Waals surface area (Å²) in [5.41, 5.74) is 1.21. The number of aryl methyl sites for hydroxylation is 2. The van der Waals surface area contributed by atoms with Crippen molar-refractivity contribution < 1.29 is 18.8 Å². The number of rotatable bonds is 5. The molecule has 1 heterocycles. The van der Waals surface area contributed by atoms with E-state index in [1.54, 1.807) is 19.1 Å². The second-order valence-electron chi connectivity index (χ2n) is 4.67. The average Bonchev–Trinajstić information content (AvgIpc) is 2.89. The van der Waals surface area contributed by atoms with Crippen molar-refractivity contribution in [3.05, 3.63) is 45.3 Å². The molecule has 0 unspecified atom stereocenters. The Kier molecular flexibility index (Phi) is 5.63. The lowest BCUT2D eigenvalue weighted by molar-refractivity contribution is -0.119. The topological polar surface area (TPSA) is 81.4 Å². The first-order valence-corrected chi connectivity index (χ1v) is 7.55. The highest BCUT2D eigenvalue weighted by Gasteiger charge is 2.21. The lowest BCUT2D eigenvalue weighted by Gasteiger charge is -2.07. The molecule has 122 valence electrons. The van der Waals surface area contributed by atoms with Crippen LogP contribution in [0.3, 0.4) is 0 Å². The third-order valence-corrected chi connectivity index (χ3v) is 3.75. The largest absolute Gasteiger partial charge is 0.452 e. The number of esters is 1. The average molecular weight is 357 g/mol. The maximum absolute atomic E-state index is 12.0. The molecule has 6 nitrogen and oxygen atoms in total. The van der Waals surface area contributed by atoms with Crippen LogP contribution in [0.5, 0.6) is 0 Å². The summed E-state index contributed by atoms with van der Waals surface area (Å²) in [4.78, 5) is 23.8. The maximum Gasteiger partial charge on any atom is 0.344 e. The van der Waals surface area contributed by atoms with Crippen molar-refractivity contribution >= 4 is 40.8 Å². The lowest BCUT2D eigenvalue weighted by Crippen LogP contribution is -2.21. The third-order valence-electron chi connectivity index (χ3n) is 3.01. The fourth-order valence-electron chi connectivity index (χ4n) is 1.90. The van der Waals surface area contributed by atoms with Crippen LogP contribution in [0.2, 0.25) is 10.0 Å². The number of ether oxygens (including phenoxy) is 1. The van der Waals surface area contributed by atoms with Gasteiger partial charge in [0.15, 0.2) is 6.61 Å². The Morgan fingerprint density at radius 3 is 2.70 bits per heavy atom. The minimum Gasteiger partial charge on any atom is -0.452 e. The summed E-state index contributed by atoms with van der Waals surface area (Å²) in [6.45, 7) is 3.01. The van der Waals surface area contributed by atoms with Crippen LogP contribution < -0.4 is 5.32 Å². The molecule has 0 aliphatic rings. The van der Waals surface area contributed by atoms with Gasteiger partial charge in [-0.3, -0.25) is 4.79 Å². The third kappa shape index (κ3) is 4.24. The van der Waals surface area contributed by atoms with E-state index in [4.69, 9.17) is 32.5 Å². The van der Waals surface area contributed by atoms with Crippen LogP contribution in [-0.2, 0) is 16.0 Å². The summed E-state index contributed by atoms with van der Waals surface area (Å²) in [6.07, 6.45) is 0.525. The molecule has 1 N–H and O–H groups in total. The highest BCUT2D eigenvalue weighted by atomic mass is 35.5. The summed E-state index contributed by atoms with van der Waals surface area (Å²) in [6, 6.07) is 4.65. The zero-order chi connectivity index (χ0) is 17.0. The number of carbonyl (C=O) groups excluding carboxylic acids is 2. The van der Waals surface area contributed by atoms with Crippen molar-refractivity contribution in [2.24, 2.45) is 0 Å². The van der Waals surface area contributed by atoms with E-state index in [1.165, 1.54) is 6.07 Å². The molecule has 8 heteroatoms. The number of hydrogen-bond acceptors (Lipinski definition) is 5. The normalized spacial score (nSPS) is 10.4. The molecule has 0 atom stereocenters. The van der Waals surface area contributed by atoms with Gasteiger partial charge in [0.2, 0.25) is 0 Å². The smallest absolute Gasteiger partial charge is 0.344 e. The zero-order valence-electron chi connectivity index (χ0n) is 12.5. The molecule has 0 saturated heterocycles. The molecule has 2 aromatic rings. The maximum atomic E-state index is 12.0. The zero-order valence-corrected chi connectivity index (χ0v) is 14.0. The number of anilines is 1. The lowest BCUT2D eigenvalue weighted by atomic mass is 10.1. The molecule has 2 rings (SSSR count). The minimum absolute atomic E-state index is 0.259. The molecule has 0 radical (unpaired) electrons. The fourth-order valence-corrected chi connectivity index (χ4v) is 2.19. The summed E-state index contributed by atoms with van der Waals surface area (Å²) >= 11 is 11.6. The standard InChI is InChI=1S/C15H14Cl2N2O4/c1-3-12-14(8(2)23-19-12)15(21)22-7-13(20)18-9-4-5-10(16)11(17)6-9/h4-6H,3,7H2,1-2H3,(H,18,20). The number of nitrogens with one attached hydrogen (secondary N) is 1. The van der Waals surface area contributed by atoms with Crippen molar-refractivity contribution in [3.63, 3.8) is 0 Å². The van der Waals surface area contributed by atoms with Gasteiger partial charge in [0.05, 0.1) is 15.7 Å². The summed E-state index contributed by atoms with van der Waals surface area (Å²) < 4.78 is 9.94. The number of halogens is 2. The van der Waals surface area contributed by atoms with Gasteiger partial charge in [0.25, 0.3) is 5.91 Å². The summed E-state index contributed by atoms with van der Waals surface area (Å²) in [5.74, 6) is -0.787. The second kappa shape index (κ2) is 7.48. The minimum atomic E-state index is -0.648. The van der Waals surface area contributed by atoms with E-state index in [9.17, 15) is 9.59 Å². The van der Waals surface area contributed by atoms with E-state index in [0.29, 0.717) is 33.6 Å². The van der Waals surface area contributed by atoms with Gasteiger partial charge in [-0.05, 0) is 31.5 Å². The van der Waals surface area contributed by atoms with Gasteiger partial charge in [-0.15, -0.1) is 0 Å². The molecule has 1 aromatic heterocycles. The van der Waals surface area contributed by atoms with Gasteiger partial charge in [-0.2, -0.15) is 0 Å². The first-order chi connectivity index (χ1) is 10.9. The Balaban J connectivity index is 1.94. The van der Waals surface area contributed by atoms with E-state index in [-0.39, 0.29) is 5.56 Å². The molecule has 0 aliphatic carbocycles. The first kappa shape index (κ1) is 17.3. The number of carbonyl (C=O) groups is 2. The first-order valence-electron chi connectivity index (χ1n) is 6.79.